The van der Waals surface area contributed by atoms with Gasteiger partial charge in [0.2, 0.25) is 0 Å². The van der Waals surface area contributed by atoms with Gasteiger partial charge in [-0.25, -0.2) is 4.68 Å². The van der Waals surface area contributed by atoms with Gasteiger partial charge in [0, 0.05) is 18.3 Å². The lowest BCUT2D eigenvalue weighted by atomic mass is 10.3. The number of nitro benzene ring substituents is 1. The van der Waals surface area contributed by atoms with Crippen molar-refractivity contribution < 1.29 is 9.72 Å². The van der Waals surface area contributed by atoms with E-state index in [4.69, 9.17) is 0 Å². The second-order valence-corrected chi connectivity index (χ2v) is 3.51. The molecule has 0 aliphatic heterocycles. The van der Waals surface area contributed by atoms with E-state index in [-0.39, 0.29) is 5.69 Å². The average Bonchev–Trinajstić information content (AvgIpc) is 2.71. The lowest BCUT2D eigenvalue weighted by Gasteiger charge is -2.00. The Labute approximate surface area is 96.6 Å². The predicted molar refractivity (Wildman–Crippen MR) is 60.3 cm³/mol. The maximum absolute atomic E-state index is 10.7. The topological polar surface area (TPSA) is 78.0 Å². The molecule has 0 bridgehead atoms. The number of rotatable bonds is 3. The molecular formula is C11H9N3O3. The molecule has 0 fully saturated rings. The molecule has 0 amide bonds. The van der Waals surface area contributed by atoms with Crippen molar-refractivity contribution in [2.24, 2.45) is 0 Å². The zero-order chi connectivity index (χ0) is 12.4. The molecule has 0 aliphatic rings. The smallest absolute Gasteiger partial charge is 0.271 e. The maximum atomic E-state index is 10.7. The van der Waals surface area contributed by atoms with E-state index in [1.807, 2.05) is 0 Å². The quantitative estimate of drug-likeness (QED) is 0.459. The molecule has 0 unspecified atom stereocenters. The third kappa shape index (κ3) is 2.05. The van der Waals surface area contributed by atoms with Crippen LogP contribution in [-0.2, 0) is 0 Å². The molecule has 17 heavy (non-hydrogen) atoms. The number of aromatic nitrogens is 2. The van der Waals surface area contributed by atoms with E-state index in [1.165, 1.54) is 16.8 Å². The zero-order valence-electron chi connectivity index (χ0n) is 9.03. The van der Waals surface area contributed by atoms with Gasteiger partial charge >= 0.3 is 0 Å². The number of aldehydes is 1. The molecule has 0 saturated heterocycles. The number of hydrogen-bond acceptors (Lipinski definition) is 4. The van der Waals surface area contributed by atoms with Crippen molar-refractivity contribution in [2.45, 2.75) is 6.92 Å². The van der Waals surface area contributed by atoms with Gasteiger partial charge in [0.05, 0.1) is 21.9 Å². The second-order valence-electron chi connectivity index (χ2n) is 3.51. The van der Waals surface area contributed by atoms with Crippen LogP contribution in [0.2, 0.25) is 0 Å². The number of carbonyl (C=O) groups excluding carboxylic acids is 1. The molecule has 1 aromatic heterocycles. The molecule has 0 aliphatic carbocycles. The van der Waals surface area contributed by atoms with Crippen LogP contribution < -0.4 is 0 Å². The molecule has 1 aromatic carbocycles. The van der Waals surface area contributed by atoms with Crippen LogP contribution >= 0.6 is 0 Å². The Hall–Kier alpha value is -2.50. The molecule has 0 spiro atoms. The lowest BCUT2D eigenvalue weighted by molar-refractivity contribution is -0.384. The van der Waals surface area contributed by atoms with Gasteiger partial charge in [0.1, 0.15) is 0 Å². The minimum absolute atomic E-state index is 0.0108. The molecule has 1 heterocycles. The Bertz CT molecular complexity index is 589. The number of nitrogens with zero attached hydrogens (tertiary/aromatic N) is 3. The summed E-state index contributed by atoms with van der Waals surface area (Å²) in [5.74, 6) is 0. The van der Waals surface area contributed by atoms with E-state index >= 15 is 0 Å². The summed E-state index contributed by atoms with van der Waals surface area (Å²) < 4.78 is 1.45. The third-order valence-corrected chi connectivity index (χ3v) is 2.37. The fourth-order valence-corrected chi connectivity index (χ4v) is 1.47. The highest BCUT2D eigenvalue weighted by Crippen LogP contribution is 2.17. The Balaban J connectivity index is 2.48. The van der Waals surface area contributed by atoms with Crippen molar-refractivity contribution in [3.63, 3.8) is 0 Å². The van der Waals surface area contributed by atoms with E-state index in [0.717, 1.165) is 0 Å². The monoisotopic (exact) mass is 231 g/mol. The fourth-order valence-electron chi connectivity index (χ4n) is 1.47. The summed E-state index contributed by atoms with van der Waals surface area (Å²) in [5.41, 5.74) is 1.60. The summed E-state index contributed by atoms with van der Waals surface area (Å²) in [4.78, 5) is 20.8. The number of aryl methyl sites for hydroxylation is 1. The average molecular weight is 231 g/mol. The molecule has 86 valence electrons. The highest BCUT2D eigenvalue weighted by atomic mass is 16.6. The van der Waals surface area contributed by atoms with Crippen molar-refractivity contribution in [3.8, 4) is 5.69 Å². The summed E-state index contributed by atoms with van der Waals surface area (Å²) in [6.45, 7) is 1.71. The van der Waals surface area contributed by atoms with Crippen LogP contribution in [0, 0.1) is 17.0 Å². The van der Waals surface area contributed by atoms with Gasteiger partial charge in [-0.1, -0.05) is 6.07 Å². The van der Waals surface area contributed by atoms with Gasteiger partial charge in [-0.3, -0.25) is 14.9 Å². The fraction of sp³-hybridized carbons (Fsp3) is 0.0909. The number of carbonyl (C=O) groups is 1. The predicted octanol–water partition coefficient (Wildman–Crippen LogP) is 1.90. The normalized spacial score (nSPS) is 10.2. The van der Waals surface area contributed by atoms with E-state index < -0.39 is 4.92 Å². The van der Waals surface area contributed by atoms with Crippen LogP contribution in [0.3, 0.4) is 0 Å². The third-order valence-electron chi connectivity index (χ3n) is 2.37. The van der Waals surface area contributed by atoms with Gasteiger partial charge in [0.15, 0.2) is 6.29 Å². The molecule has 0 radical (unpaired) electrons. The van der Waals surface area contributed by atoms with Crippen molar-refractivity contribution in [1.82, 2.24) is 9.78 Å². The summed E-state index contributed by atoms with van der Waals surface area (Å²) in [7, 11) is 0. The first-order chi connectivity index (χ1) is 8.11. The Morgan fingerprint density at radius 1 is 1.47 bits per heavy atom. The van der Waals surface area contributed by atoms with Gasteiger partial charge in [-0.05, 0) is 13.0 Å². The first-order valence-corrected chi connectivity index (χ1v) is 4.88. The minimum atomic E-state index is -0.472. The van der Waals surface area contributed by atoms with Crippen LogP contribution in [0.5, 0.6) is 0 Å². The van der Waals surface area contributed by atoms with Crippen LogP contribution in [0.1, 0.15) is 16.1 Å². The summed E-state index contributed by atoms with van der Waals surface area (Å²) in [5, 5.41) is 14.7. The van der Waals surface area contributed by atoms with Gasteiger partial charge in [-0.2, -0.15) is 5.10 Å². The second kappa shape index (κ2) is 4.17. The van der Waals surface area contributed by atoms with Crippen LogP contribution in [-0.4, -0.2) is 21.0 Å². The molecular weight excluding hydrogens is 222 g/mol. The molecule has 6 nitrogen and oxygen atoms in total. The van der Waals surface area contributed by atoms with E-state index in [9.17, 15) is 14.9 Å². The molecule has 0 N–H and O–H groups in total. The molecule has 0 atom stereocenters. The van der Waals surface area contributed by atoms with Crippen LogP contribution in [0.15, 0.2) is 30.5 Å². The molecule has 2 aromatic rings. The Morgan fingerprint density at radius 2 is 2.24 bits per heavy atom. The minimum Gasteiger partial charge on any atom is -0.298 e. The van der Waals surface area contributed by atoms with E-state index in [2.05, 4.69) is 5.10 Å². The standard InChI is InChI=1S/C11H9N3O3/c1-8-9(7-15)6-13(12-8)10-3-2-4-11(5-10)14(16)17/h2-7H,1H3. The first kappa shape index (κ1) is 11.0. The maximum Gasteiger partial charge on any atom is 0.271 e. The summed E-state index contributed by atoms with van der Waals surface area (Å²) in [6, 6.07) is 6.07. The number of benzene rings is 1. The SMILES string of the molecule is Cc1nn(-c2cccc([N+](=O)[O-])c2)cc1C=O. The van der Waals surface area contributed by atoms with Gasteiger partial charge in [-0.15, -0.1) is 0 Å². The van der Waals surface area contributed by atoms with Crippen molar-refractivity contribution in [1.29, 1.82) is 0 Å². The summed E-state index contributed by atoms with van der Waals surface area (Å²) >= 11 is 0. The zero-order valence-corrected chi connectivity index (χ0v) is 9.03. The van der Waals surface area contributed by atoms with Gasteiger partial charge in [0.25, 0.3) is 5.69 Å². The highest BCUT2D eigenvalue weighted by molar-refractivity contribution is 5.76. The number of hydrogen-bond donors (Lipinski definition) is 0. The van der Waals surface area contributed by atoms with E-state index in [1.54, 1.807) is 25.3 Å². The molecule has 6 heteroatoms. The van der Waals surface area contributed by atoms with Crippen LogP contribution in [0.4, 0.5) is 5.69 Å². The Kier molecular flexibility index (Phi) is 2.70. The van der Waals surface area contributed by atoms with Crippen molar-refractivity contribution in [2.75, 3.05) is 0 Å². The largest absolute Gasteiger partial charge is 0.298 e. The number of nitro groups is 1. The van der Waals surface area contributed by atoms with Crippen molar-refractivity contribution in [3.05, 3.63) is 51.8 Å². The van der Waals surface area contributed by atoms with Gasteiger partial charge < -0.3 is 0 Å². The summed E-state index contributed by atoms with van der Waals surface area (Å²) in [6.07, 6.45) is 2.25. The number of non-ortho nitro benzene ring substituents is 1. The molecule has 0 saturated carbocycles. The lowest BCUT2D eigenvalue weighted by Crippen LogP contribution is -1.96. The Morgan fingerprint density at radius 3 is 2.82 bits per heavy atom. The van der Waals surface area contributed by atoms with Crippen LogP contribution in [0.25, 0.3) is 5.69 Å². The van der Waals surface area contributed by atoms with E-state index in [0.29, 0.717) is 23.2 Å². The molecule has 2 rings (SSSR count). The highest BCUT2D eigenvalue weighted by Gasteiger charge is 2.09. The van der Waals surface area contributed by atoms with Crippen molar-refractivity contribution >= 4 is 12.0 Å². The first-order valence-electron chi connectivity index (χ1n) is 4.88.